The Bertz CT molecular complexity index is 790. The minimum atomic E-state index is 0.205. The van der Waals surface area contributed by atoms with Gasteiger partial charge in [-0.3, -0.25) is 0 Å². The molecule has 21 heavy (non-hydrogen) atoms. The second-order valence-electron chi connectivity index (χ2n) is 5.36. The lowest BCUT2D eigenvalue weighted by atomic mass is 10.1. The molecule has 3 aromatic rings. The van der Waals surface area contributed by atoms with E-state index in [0.717, 1.165) is 28.0 Å². The van der Waals surface area contributed by atoms with Gasteiger partial charge in [-0.05, 0) is 31.5 Å². The number of nitrogens with zero attached hydrogens (tertiary/aromatic N) is 4. The fourth-order valence-electron chi connectivity index (χ4n) is 2.45. The molecule has 0 radical (unpaired) electrons. The van der Waals surface area contributed by atoms with Gasteiger partial charge in [0.05, 0.1) is 11.1 Å². The van der Waals surface area contributed by atoms with Gasteiger partial charge in [0.1, 0.15) is 12.1 Å². The number of aromatic nitrogens is 4. The van der Waals surface area contributed by atoms with Gasteiger partial charge >= 0.3 is 0 Å². The summed E-state index contributed by atoms with van der Waals surface area (Å²) in [6.45, 7) is 4.13. The van der Waals surface area contributed by atoms with Gasteiger partial charge < -0.3 is 11.5 Å². The molecular formula is C15H18N6. The van der Waals surface area contributed by atoms with Crippen LogP contribution in [0.15, 0.2) is 30.6 Å². The Balaban J connectivity index is 2.14. The average molecular weight is 282 g/mol. The summed E-state index contributed by atoms with van der Waals surface area (Å²) < 4.78 is 1.88. The molecule has 108 valence electrons. The van der Waals surface area contributed by atoms with Gasteiger partial charge in [-0.25, -0.2) is 14.6 Å². The highest BCUT2D eigenvalue weighted by molar-refractivity contribution is 5.88. The fourth-order valence-corrected chi connectivity index (χ4v) is 2.45. The first-order chi connectivity index (χ1) is 10.1. The summed E-state index contributed by atoms with van der Waals surface area (Å²) >= 11 is 0. The lowest BCUT2D eigenvalue weighted by molar-refractivity contribution is 0.541. The summed E-state index contributed by atoms with van der Waals surface area (Å²) in [5.41, 5.74) is 15.3. The largest absolute Gasteiger partial charge is 0.399 e. The van der Waals surface area contributed by atoms with E-state index in [-0.39, 0.29) is 6.04 Å². The summed E-state index contributed by atoms with van der Waals surface area (Å²) in [4.78, 5) is 8.42. The third-order valence-electron chi connectivity index (χ3n) is 3.40. The first-order valence-electron chi connectivity index (χ1n) is 6.88. The maximum atomic E-state index is 6.02. The van der Waals surface area contributed by atoms with Crippen LogP contribution >= 0.6 is 0 Å². The van der Waals surface area contributed by atoms with E-state index in [9.17, 15) is 0 Å². The number of nitrogen functional groups attached to an aromatic ring is 2. The summed E-state index contributed by atoms with van der Waals surface area (Å²) in [5, 5.41) is 5.50. The van der Waals surface area contributed by atoms with Crippen LogP contribution in [0.1, 0.15) is 31.1 Å². The summed E-state index contributed by atoms with van der Waals surface area (Å²) in [7, 11) is 0. The number of hydrogen-bond acceptors (Lipinski definition) is 5. The zero-order valence-electron chi connectivity index (χ0n) is 12.1. The van der Waals surface area contributed by atoms with Crippen molar-refractivity contribution in [3.05, 3.63) is 41.9 Å². The highest BCUT2D eigenvalue weighted by Gasteiger charge is 2.17. The van der Waals surface area contributed by atoms with Gasteiger partial charge in [-0.1, -0.05) is 12.1 Å². The minimum absolute atomic E-state index is 0.205. The second-order valence-corrected chi connectivity index (χ2v) is 5.36. The van der Waals surface area contributed by atoms with Crippen molar-refractivity contribution in [3.63, 3.8) is 0 Å². The molecule has 0 spiro atoms. The van der Waals surface area contributed by atoms with Crippen molar-refractivity contribution in [2.75, 3.05) is 11.5 Å². The molecule has 2 heterocycles. The standard InChI is InChI=1S/C15H18N6/c1-9(2)21-15-13(14(17)18-8-19-15)12(20-21)7-10-4-3-5-11(16)6-10/h3-6,8-9H,7,16H2,1-2H3,(H2,17,18,19). The van der Waals surface area contributed by atoms with Gasteiger partial charge in [-0.2, -0.15) is 5.10 Å². The molecule has 0 aliphatic rings. The molecular weight excluding hydrogens is 264 g/mol. The first-order valence-corrected chi connectivity index (χ1v) is 6.88. The Morgan fingerprint density at radius 2 is 2.00 bits per heavy atom. The molecule has 0 aliphatic carbocycles. The van der Waals surface area contributed by atoms with Crippen LogP contribution in [-0.4, -0.2) is 19.7 Å². The van der Waals surface area contributed by atoms with E-state index >= 15 is 0 Å². The molecule has 0 atom stereocenters. The fraction of sp³-hybridized carbons (Fsp3) is 0.267. The molecule has 4 N–H and O–H groups in total. The van der Waals surface area contributed by atoms with Crippen LogP contribution in [0.3, 0.4) is 0 Å². The lowest BCUT2D eigenvalue weighted by Gasteiger charge is -2.05. The zero-order chi connectivity index (χ0) is 15.0. The molecule has 0 saturated heterocycles. The van der Waals surface area contributed by atoms with Crippen LogP contribution in [0.5, 0.6) is 0 Å². The van der Waals surface area contributed by atoms with E-state index in [1.807, 2.05) is 28.9 Å². The normalized spacial score (nSPS) is 11.4. The predicted molar refractivity (Wildman–Crippen MR) is 83.8 cm³/mol. The molecule has 2 aromatic heterocycles. The Morgan fingerprint density at radius 1 is 1.19 bits per heavy atom. The number of rotatable bonds is 3. The zero-order valence-corrected chi connectivity index (χ0v) is 12.1. The van der Waals surface area contributed by atoms with Crippen molar-refractivity contribution in [3.8, 4) is 0 Å². The molecule has 6 heteroatoms. The topological polar surface area (TPSA) is 95.6 Å². The number of anilines is 2. The summed E-state index contributed by atoms with van der Waals surface area (Å²) in [6.07, 6.45) is 2.13. The maximum absolute atomic E-state index is 6.02. The highest BCUT2D eigenvalue weighted by Crippen LogP contribution is 2.25. The average Bonchev–Trinajstić information content (AvgIpc) is 2.79. The lowest BCUT2D eigenvalue weighted by Crippen LogP contribution is -2.04. The van der Waals surface area contributed by atoms with Crippen LogP contribution in [0.25, 0.3) is 11.0 Å². The van der Waals surface area contributed by atoms with E-state index in [4.69, 9.17) is 11.5 Å². The molecule has 0 saturated carbocycles. The Hall–Kier alpha value is -2.63. The van der Waals surface area contributed by atoms with E-state index in [1.54, 1.807) is 0 Å². The molecule has 0 fully saturated rings. The number of fused-ring (bicyclic) bond motifs is 1. The van der Waals surface area contributed by atoms with Crippen LogP contribution in [0.4, 0.5) is 11.5 Å². The Morgan fingerprint density at radius 3 is 2.71 bits per heavy atom. The van der Waals surface area contributed by atoms with Crippen molar-refractivity contribution in [1.82, 2.24) is 19.7 Å². The van der Waals surface area contributed by atoms with Crippen molar-refractivity contribution in [2.24, 2.45) is 0 Å². The van der Waals surface area contributed by atoms with Gasteiger partial charge in [0, 0.05) is 18.2 Å². The van der Waals surface area contributed by atoms with E-state index in [0.29, 0.717) is 12.2 Å². The van der Waals surface area contributed by atoms with Crippen LogP contribution in [0.2, 0.25) is 0 Å². The van der Waals surface area contributed by atoms with Crippen LogP contribution in [0, 0.1) is 0 Å². The van der Waals surface area contributed by atoms with Crippen molar-refractivity contribution < 1.29 is 0 Å². The predicted octanol–water partition coefficient (Wildman–Crippen LogP) is 2.16. The first kappa shape index (κ1) is 13.4. The molecule has 0 bridgehead atoms. The summed E-state index contributed by atoms with van der Waals surface area (Å²) in [6, 6.07) is 7.98. The third kappa shape index (κ3) is 2.40. The Kier molecular flexibility index (Phi) is 3.21. The van der Waals surface area contributed by atoms with Crippen molar-refractivity contribution in [2.45, 2.75) is 26.3 Å². The van der Waals surface area contributed by atoms with E-state index < -0.39 is 0 Å². The molecule has 0 amide bonds. The Labute approximate surface area is 122 Å². The summed E-state index contributed by atoms with van der Waals surface area (Å²) in [5.74, 6) is 0.464. The van der Waals surface area contributed by atoms with Gasteiger partial charge in [0.15, 0.2) is 5.65 Å². The molecule has 1 aromatic carbocycles. The van der Waals surface area contributed by atoms with Gasteiger partial charge in [0.2, 0.25) is 0 Å². The quantitative estimate of drug-likeness (QED) is 0.718. The van der Waals surface area contributed by atoms with Crippen molar-refractivity contribution >= 4 is 22.5 Å². The maximum Gasteiger partial charge on any atom is 0.163 e. The number of hydrogen-bond donors (Lipinski definition) is 2. The number of nitrogens with two attached hydrogens (primary N) is 2. The molecule has 0 aliphatic heterocycles. The number of benzene rings is 1. The SMILES string of the molecule is CC(C)n1nc(Cc2cccc(N)c2)c2c(N)ncnc21. The molecule has 0 unspecified atom stereocenters. The molecule has 6 nitrogen and oxygen atoms in total. The molecule has 3 rings (SSSR count). The van der Waals surface area contributed by atoms with Gasteiger partial charge in [-0.15, -0.1) is 0 Å². The van der Waals surface area contributed by atoms with Crippen LogP contribution in [-0.2, 0) is 6.42 Å². The van der Waals surface area contributed by atoms with E-state index in [2.05, 4.69) is 28.9 Å². The van der Waals surface area contributed by atoms with Gasteiger partial charge in [0.25, 0.3) is 0 Å². The van der Waals surface area contributed by atoms with Crippen LogP contribution < -0.4 is 11.5 Å². The minimum Gasteiger partial charge on any atom is -0.399 e. The second kappa shape index (κ2) is 5.05. The highest BCUT2D eigenvalue weighted by atomic mass is 15.3. The van der Waals surface area contributed by atoms with E-state index in [1.165, 1.54) is 6.33 Å². The third-order valence-corrected chi connectivity index (χ3v) is 3.40. The van der Waals surface area contributed by atoms with Crippen molar-refractivity contribution in [1.29, 1.82) is 0 Å². The monoisotopic (exact) mass is 282 g/mol. The smallest absolute Gasteiger partial charge is 0.163 e.